The Labute approximate surface area is 181 Å². The molecule has 1 aromatic carbocycles. The quantitative estimate of drug-likeness (QED) is 0.180. The molecule has 1 rings (SSSR count). The van der Waals surface area contributed by atoms with E-state index in [9.17, 15) is 9.13 Å². The van der Waals surface area contributed by atoms with Gasteiger partial charge in [0.15, 0.2) is 0 Å². The van der Waals surface area contributed by atoms with Gasteiger partial charge < -0.3 is 27.6 Å². The molecule has 0 heterocycles. The van der Waals surface area contributed by atoms with Gasteiger partial charge in [-0.3, -0.25) is 9.13 Å². The van der Waals surface area contributed by atoms with Crippen molar-refractivity contribution in [3.8, 4) is 5.75 Å². The predicted molar refractivity (Wildman–Crippen MR) is 117 cm³/mol. The van der Waals surface area contributed by atoms with Gasteiger partial charge in [0, 0.05) is 33.8 Å². The Hall–Kier alpha value is -0.240. The van der Waals surface area contributed by atoms with E-state index in [1.54, 1.807) is 0 Å². The van der Waals surface area contributed by atoms with Gasteiger partial charge in [0.2, 0.25) is 0 Å². The largest absolute Gasteiger partial charge is 0.491 e. The SMILES string of the molecule is COP(=O)(CCc1cc(CCP(=O)(OC)OC)cc(OCCOCCBr)c1)OC. The van der Waals surface area contributed by atoms with E-state index in [4.69, 9.17) is 27.6 Å². The third-order valence-corrected chi connectivity index (χ3v) is 8.30. The molecule has 0 aliphatic carbocycles. The number of hydrogen-bond acceptors (Lipinski definition) is 8. The van der Waals surface area contributed by atoms with E-state index < -0.39 is 15.2 Å². The van der Waals surface area contributed by atoms with Crippen molar-refractivity contribution in [3.63, 3.8) is 0 Å². The van der Waals surface area contributed by atoms with E-state index in [2.05, 4.69) is 15.9 Å². The van der Waals surface area contributed by atoms with Crippen molar-refractivity contribution in [2.45, 2.75) is 12.8 Å². The van der Waals surface area contributed by atoms with E-state index in [-0.39, 0.29) is 12.3 Å². The molecule has 0 aliphatic heterocycles. The van der Waals surface area contributed by atoms with Crippen LogP contribution in [-0.4, -0.2) is 65.9 Å². The van der Waals surface area contributed by atoms with Crippen LogP contribution < -0.4 is 4.74 Å². The second-order valence-corrected chi connectivity index (χ2v) is 11.6. The van der Waals surface area contributed by atoms with Gasteiger partial charge in [0.25, 0.3) is 0 Å². The van der Waals surface area contributed by atoms with Gasteiger partial charge in [0.1, 0.15) is 12.4 Å². The first-order chi connectivity index (χ1) is 13.8. The van der Waals surface area contributed by atoms with Gasteiger partial charge in [-0.15, -0.1) is 0 Å². The fraction of sp³-hybridized carbons (Fsp3) is 0.667. The highest BCUT2D eigenvalue weighted by Crippen LogP contribution is 2.47. The first-order valence-corrected chi connectivity index (χ1v) is 13.7. The lowest BCUT2D eigenvalue weighted by Crippen LogP contribution is -2.09. The van der Waals surface area contributed by atoms with Gasteiger partial charge in [-0.2, -0.15) is 0 Å². The molecule has 0 spiro atoms. The van der Waals surface area contributed by atoms with Crippen molar-refractivity contribution in [2.24, 2.45) is 0 Å². The molecule has 0 fully saturated rings. The van der Waals surface area contributed by atoms with Gasteiger partial charge in [0.05, 0.1) is 25.5 Å². The van der Waals surface area contributed by atoms with Gasteiger partial charge in [-0.1, -0.05) is 22.0 Å². The van der Waals surface area contributed by atoms with Crippen molar-refractivity contribution in [1.82, 2.24) is 0 Å². The molecule has 0 unspecified atom stereocenters. The second-order valence-electron chi connectivity index (χ2n) is 6.03. The van der Waals surface area contributed by atoms with Crippen LogP contribution in [0.2, 0.25) is 0 Å². The van der Waals surface area contributed by atoms with Crippen LogP contribution in [-0.2, 0) is 44.8 Å². The summed E-state index contributed by atoms with van der Waals surface area (Å²) >= 11 is 3.30. The Kier molecular flexibility index (Phi) is 12.9. The fourth-order valence-corrected chi connectivity index (χ4v) is 4.84. The van der Waals surface area contributed by atoms with E-state index in [1.807, 2.05) is 18.2 Å². The number of alkyl halides is 1. The topological polar surface area (TPSA) is 89.5 Å². The minimum Gasteiger partial charge on any atom is -0.491 e. The fourth-order valence-electron chi connectivity index (χ4n) is 2.52. The van der Waals surface area contributed by atoms with Crippen LogP contribution in [0.25, 0.3) is 0 Å². The first-order valence-electron chi connectivity index (χ1n) is 9.14. The van der Waals surface area contributed by atoms with Crippen molar-refractivity contribution in [1.29, 1.82) is 0 Å². The third kappa shape index (κ3) is 10.1. The summed E-state index contributed by atoms with van der Waals surface area (Å²) in [5.74, 6) is 0.661. The molecule has 0 bridgehead atoms. The highest BCUT2D eigenvalue weighted by Gasteiger charge is 2.22. The predicted octanol–water partition coefficient (Wildman–Crippen LogP) is 4.53. The van der Waals surface area contributed by atoms with Crippen LogP contribution in [0.15, 0.2) is 18.2 Å². The zero-order valence-electron chi connectivity index (χ0n) is 17.4. The van der Waals surface area contributed by atoms with Crippen molar-refractivity contribution in [3.05, 3.63) is 29.3 Å². The van der Waals surface area contributed by atoms with Gasteiger partial charge >= 0.3 is 15.2 Å². The molecule has 168 valence electrons. The zero-order chi connectivity index (χ0) is 21.8. The van der Waals surface area contributed by atoms with E-state index in [0.717, 1.165) is 16.5 Å². The molecule has 0 atom stereocenters. The Bertz CT molecular complexity index is 636. The summed E-state index contributed by atoms with van der Waals surface area (Å²) in [5, 5.41) is 0.769. The molecule has 29 heavy (non-hydrogen) atoms. The molecule has 0 saturated carbocycles. The van der Waals surface area contributed by atoms with Crippen molar-refractivity contribution in [2.75, 3.05) is 65.9 Å². The summed E-state index contributed by atoms with van der Waals surface area (Å²) in [4.78, 5) is 0. The Balaban J connectivity index is 2.90. The Morgan fingerprint density at radius 1 is 0.759 bits per heavy atom. The number of ether oxygens (including phenoxy) is 2. The molecule has 11 heteroatoms. The van der Waals surface area contributed by atoms with Crippen LogP contribution in [0.3, 0.4) is 0 Å². The highest BCUT2D eigenvalue weighted by molar-refractivity contribution is 9.09. The monoisotopic (exact) mass is 516 g/mol. The van der Waals surface area contributed by atoms with Crippen LogP contribution in [0.5, 0.6) is 5.75 Å². The van der Waals surface area contributed by atoms with Gasteiger partial charge in [-0.05, 0) is 36.1 Å². The summed E-state index contributed by atoms with van der Waals surface area (Å²) < 4.78 is 55.9. The highest BCUT2D eigenvalue weighted by atomic mass is 79.9. The maximum atomic E-state index is 12.3. The van der Waals surface area contributed by atoms with E-state index in [0.29, 0.717) is 38.4 Å². The molecule has 0 aromatic heterocycles. The van der Waals surface area contributed by atoms with Crippen molar-refractivity contribution < 1.29 is 36.7 Å². The molecule has 0 saturated heterocycles. The minimum atomic E-state index is -3.11. The Morgan fingerprint density at radius 3 is 1.66 bits per heavy atom. The molecular formula is C18H31BrO8P2. The molecule has 0 N–H and O–H groups in total. The second kappa shape index (κ2) is 13.9. The maximum Gasteiger partial charge on any atom is 0.330 e. The van der Waals surface area contributed by atoms with Crippen LogP contribution in [0.1, 0.15) is 11.1 Å². The average molecular weight is 517 g/mol. The van der Waals surface area contributed by atoms with E-state index in [1.165, 1.54) is 28.4 Å². The molecule has 0 amide bonds. The summed E-state index contributed by atoms with van der Waals surface area (Å²) in [6.45, 7) is 1.48. The lowest BCUT2D eigenvalue weighted by Gasteiger charge is -2.16. The van der Waals surface area contributed by atoms with E-state index >= 15 is 0 Å². The molecule has 1 aromatic rings. The zero-order valence-corrected chi connectivity index (χ0v) is 20.8. The maximum absolute atomic E-state index is 12.3. The van der Waals surface area contributed by atoms with Crippen LogP contribution in [0.4, 0.5) is 0 Å². The lowest BCUT2D eigenvalue weighted by atomic mass is 10.1. The third-order valence-electron chi connectivity index (χ3n) is 4.21. The Morgan fingerprint density at radius 2 is 1.24 bits per heavy atom. The molecular weight excluding hydrogens is 486 g/mol. The molecule has 8 nitrogen and oxygen atoms in total. The number of benzene rings is 1. The summed E-state index contributed by atoms with van der Waals surface area (Å²) in [7, 11) is -0.743. The number of hydrogen-bond donors (Lipinski definition) is 0. The minimum absolute atomic E-state index is 0.242. The standard InChI is InChI=1S/C18H31BrO8P2/c1-22-28(20,23-2)11-5-16-13-17(6-12-29(21,24-3)25-4)15-18(14-16)27-10-9-26-8-7-19/h13-15H,5-12H2,1-4H3. The molecule has 0 radical (unpaired) electrons. The summed E-state index contributed by atoms with van der Waals surface area (Å²) in [5.41, 5.74) is 1.83. The average Bonchev–Trinajstić information content (AvgIpc) is 2.75. The van der Waals surface area contributed by atoms with Crippen LogP contribution in [0, 0.1) is 0 Å². The summed E-state index contributed by atoms with van der Waals surface area (Å²) in [6, 6.07) is 5.73. The summed E-state index contributed by atoms with van der Waals surface area (Å²) in [6.07, 6.45) is 1.45. The smallest absolute Gasteiger partial charge is 0.330 e. The number of aryl methyl sites for hydroxylation is 2. The first kappa shape index (κ1) is 26.8. The van der Waals surface area contributed by atoms with Crippen LogP contribution >= 0.6 is 31.1 Å². The number of halogens is 1. The van der Waals surface area contributed by atoms with Crippen molar-refractivity contribution >= 4 is 31.1 Å². The molecule has 0 aliphatic rings. The lowest BCUT2D eigenvalue weighted by molar-refractivity contribution is 0.112. The number of rotatable bonds is 16. The van der Waals surface area contributed by atoms with Gasteiger partial charge in [-0.25, -0.2) is 0 Å². The normalized spacial score (nSPS) is 12.3.